The highest BCUT2D eigenvalue weighted by molar-refractivity contribution is 8.26. The van der Waals surface area contributed by atoms with Crippen LogP contribution < -0.4 is 0 Å². The minimum Gasteiger partial charge on any atom is -0.481 e. The van der Waals surface area contributed by atoms with E-state index in [2.05, 4.69) is 13.0 Å². The van der Waals surface area contributed by atoms with Gasteiger partial charge in [0.05, 0.1) is 4.91 Å². The molecule has 0 radical (unpaired) electrons. The van der Waals surface area contributed by atoms with E-state index in [4.69, 9.17) is 17.3 Å². The van der Waals surface area contributed by atoms with Gasteiger partial charge in [0.1, 0.15) is 4.32 Å². The van der Waals surface area contributed by atoms with E-state index in [1.165, 1.54) is 21.5 Å². The smallest absolute Gasteiger partial charge is 0.303 e. The van der Waals surface area contributed by atoms with Crippen LogP contribution >= 0.6 is 35.3 Å². The van der Waals surface area contributed by atoms with E-state index >= 15 is 0 Å². The van der Waals surface area contributed by atoms with E-state index in [0.717, 1.165) is 11.3 Å². The van der Waals surface area contributed by atoms with Crippen LogP contribution in [-0.2, 0) is 16.0 Å². The van der Waals surface area contributed by atoms with E-state index < -0.39 is 5.97 Å². The average Bonchev–Trinajstić information content (AvgIpc) is 2.98. The molecule has 1 aromatic rings. The number of thiocarbonyl (C=S) groups is 1. The van der Waals surface area contributed by atoms with Gasteiger partial charge in [-0.2, -0.15) is 0 Å². The first-order valence-electron chi connectivity index (χ1n) is 6.57. The lowest BCUT2D eigenvalue weighted by molar-refractivity contribution is -0.137. The van der Waals surface area contributed by atoms with Crippen LogP contribution in [-0.4, -0.2) is 32.7 Å². The molecule has 0 saturated carbocycles. The number of carboxylic acid groups (broad SMARTS) is 1. The molecule has 112 valence electrons. The second kappa shape index (κ2) is 7.20. The van der Waals surface area contributed by atoms with Gasteiger partial charge in [0, 0.05) is 22.7 Å². The van der Waals surface area contributed by atoms with E-state index in [0.29, 0.717) is 22.2 Å². The molecule has 21 heavy (non-hydrogen) atoms. The molecular formula is C14H15NO3S3. The van der Waals surface area contributed by atoms with Crippen molar-refractivity contribution >= 4 is 57.6 Å². The second-order valence-electron chi connectivity index (χ2n) is 4.49. The van der Waals surface area contributed by atoms with Crippen LogP contribution in [0.1, 0.15) is 29.5 Å². The Hall–Kier alpha value is -1.18. The Morgan fingerprint density at radius 3 is 2.86 bits per heavy atom. The molecule has 1 aliphatic rings. The van der Waals surface area contributed by atoms with Crippen molar-refractivity contribution in [1.29, 1.82) is 0 Å². The Kier molecular flexibility index (Phi) is 5.55. The molecule has 4 nitrogen and oxygen atoms in total. The fourth-order valence-corrected chi connectivity index (χ4v) is 4.14. The van der Waals surface area contributed by atoms with Gasteiger partial charge in [0.15, 0.2) is 0 Å². The highest BCUT2D eigenvalue weighted by Gasteiger charge is 2.31. The summed E-state index contributed by atoms with van der Waals surface area (Å²) in [7, 11) is 0. The van der Waals surface area contributed by atoms with Crippen LogP contribution in [0.2, 0.25) is 0 Å². The van der Waals surface area contributed by atoms with Crippen LogP contribution in [0.15, 0.2) is 17.0 Å². The fourth-order valence-electron chi connectivity index (χ4n) is 1.87. The lowest BCUT2D eigenvalue weighted by atomic mass is 10.3. The molecule has 2 rings (SSSR count). The molecule has 2 heterocycles. The van der Waals surface area contributed by atoms with Gasteiger partial charge in [-0.1, -0.05) is 30.9 Å². The Bertz CT molecular complexity index is 606. The van der Waals surface area contributed by atoms with E-state index in [-0.39, 0.29) is 12.3 Å². The van der Waals surface area contributed by atoms with Gasteiger partial charge >= 0.3 is 5.97 Å². The summed E-state index contributed by atoms with van der Waals surface area (Å²) in [4.78, 5) is 27.2. The number of thioether (sulfide) groups is 1. The van der Waals surface area contributed by atoms with Crippen molar-refractivity contribution in [2.45, 2.75) is 26.2 Å². The van der Waals surface area contributed by atoms with Crippen LogP contribution in [0.5, 0.6) is 0 Å². The molecule has 1 saturated heterocycles. The molecule has 0 bridgehead atoms. The Morgan fingerprint density at radius 2 is 2.24 bits per heavy atom. The SMILES string of the molecule is CCc1ccc(/C=C2/SC(=S)N(CCCC(=O)O)C2=O)s1. The van der Waals surface area contributed by atoms with E-state index in [9.17, 15) is 9.59 Å². The third kappa shape index (κ3) is 4.15. The molecule has 1 aromatic heterocycles. The molecule has 0 spiro atoms. The standard InChI is InChI=1S/C14H15NO3S3/c1-2-9-5-6-10(20-9)8-11-13(18)15(14(19)21-11)7-3-4-12(16)17/h5-6,8H,2-4,7H2,1H3,(H,16,17)/b11-8+. The topological polar surface area (TPSA) is 57.6 Å². The molecule has 0 aromatic carbocycles. The van der Waals surface area contributed by atoms with Crippen molar-refractivity contribution in [3.63, 3.8) is 0 Å². The first kappa shape index (κ1) is 16.2. The predicted octanol–water partition coefficient (Wildman–Crippen LogP) is 3.38. The molecular weight excluding hydrogens is 326 g/mol. The normalized spacial score (nSPS) is 17.0. The van der Waals surface area contributed by atoms with Crippen molar-refractivity contribution < 1.29 is 14.7 Å². The molecule has 0 atom stereocenters. The second-order valence-corrected chi connectivity index (χ2v) is 7.36. The Balaban J connectivity index is 2.04. The van der Waals surface area contributed by atoms with Crippen molar-refractivity contribution in [2.75, 3.05) is 6.54 Å². The fraction of sp³-hybridized carbons (Fsp3) is 0.357. The minimum atomic E-state index is -0.860. The van der Waals surface area contributed by atoms with Crippen molar-refractivity contribution in [1.82, 2.24) is 4.90 Å². The summed E-state index contributed by atoms with van der Waals surface area (Å²) in [6.07, 6.45) is 3.30. The van der Waals surface area contributed by atoms with Gasteiger partial charge in [-0.15, -0.1) is 11.3 Å². The molecule has 1 amide bonds. The van der Waals surface area contributed by atoms with E-state index in [1.807, 2.05) is 12.1 Å². The van der Waals surface area contributed by atoms with Crippen molar-refractivity contribution in [3.8, 4) is 0 Å². The zero-order valence-corrected chi connectivity index (χ0v) is 13.9. The molecule has 0 unspecified atom stereocenters. The summed E-state index contributed by atoms with van der Waals surface area (Å²) in [6, 6.07) is 4.06. The highest BCUT2D eigenvalue weighted by Crippen LogP contribution is 2.33. The first-order chi connectivity index (χ1) is 10.0. The molecule has 7 heteroatoms. The molecule has 0 aliphatic carbocycles. The largest absolute Gasteiger partial charge is 0.481 e. The summed E-state index contributed by atoms with van der Waals surface area (Å²) in [5, 5.41) is 8.64. The zero-order valence-electron chi connectivity index (χ0n) is 11.5. The summed E-state index contributed by atoms with van der Waals surface area (Å²) < 4.78 is 0.504. The Morgan fingerprint density at radius 1 is 1.48 bits per heavy atom. The number of hydrogen-bond acceptors (Lipinski definition) is 5. The third-order valence-corrected chi connectivity index (χ3v) is 5.50. The summed E-state index contributed by atoms with van der Waals surface area (Å²) >= 11 is 8.15. The maximum Gasteiger partial charge on any atom is 0.303 e. The number of amides is 1. The average molecular weight is 341 g/mol. The van der Waals surface area contributed by atoms with E-state index in [1.54, 1.807) is 11.3 Å². The lowest BCUT2D eigenvalue weighted by Gasteiger charge is -2.13. The highest BCUT2D eigenvalue weighted by atomic mass is 32.2. The summed E-state index contributed by atoms with van der Waals surface area (Å²) in [6.45, 7) is 2.45. The number of carbonyl (C=O) groups is 2. The number of rotatable bonds is 6. The maximum absolute atomic E-state index is 12.3. The van der Waals surface area contributed by atoms with Crippen LogP contribution in [0.25, 0.3) is 6.08 Å². The first-order valence-corrected chi connectivity index (χ1v) is 8.61. The van der Waals surface area contributed by atoms with Gasteiger partial charge in [-0.05, 0) is 31.1 Å². The summed E-state index contributed by atoms with van der Waals surface area (Å²) in [5.74, 6) is -0.983. The number of carboxylic acids is 1. The predicted molar refractivity (Wildman–Crippen MR) is 90.4 cm³/mol. The number of thiophene rings is 1. The van der Waals surface area contributed by atoms with Crippen molar-refractivity contribution in [2.24, 2.45) is 0 Å². The van der Waals surface area contributed by atoms with Crippen LogP contribution in [0, 0.1) is 0 Å². The number of carbonyl (C=O) groups excluding carboxylic acids is 1. The van der Waals surface area contributed by atoms with Gasteiger partial charge in [0.2, 0.25) is 0 Å². The summed E-state index contributed by atoms with van der Waals surface area (Å²) in [5.41, 5.74) is 0. The quantitative estimate of drug-likeness (QED) is 0.635. The molecule has 1 aliphatic heterocycles. The van der Waals surface area contributed by atoms with Crippen LogP contribution in [0.3, 0.4) is 0 Å². The maximum atomic E-state index is 12.3. The van der Waals surface area contributed by atoms with Gasteiger partial charge in [-0.3, -0.25) is 14.5 Å². The van der Waals surface area contributed by atoms with Crippen molar-refractivity contribution in [3.05, 3.63) is 26.8 Å². The third-order valence-electron chi connectivity index (χ3n) is 2.95. The monoisotopic (exact) mass is 341 g/mol. The zero-order chi connectivity index (χ0) is 15.4. The minimum absolute atomic E-state index is 0.0426. The number of hydrogen-bond donors (Lipinski definition) is 1. The van der Waals surface area contributed by atoms with Crippen LogP contribution in [0.4, 0.5) is 0 Å². The Labute approximate surface area is 136 Å². The number of aryl methyl sites for hydroxylation is 1. The molecule has 1 fully saturated rings. The number of aliphatic carboxylic acids is 1. The molecule has 1 N–H and O–H groups in total. The lowest BCUT2D eigenvalue weighted by Crippen LogP contribution is -2.29. The number of nitrogens with zero attached hydrogens (tertiary/aromatic N) is 1. The van der Waals surface area contributed by atoms with Gasteiger partial charge in [0.25, 0.3) is 5.91 Å². The van der Waals surface area contributed by atoms with Gasteiger partial charge < -0.3 is 5.11 Å². The van der Waals surface area contributed by atoms with Gasteiger partial charge in [-0.25, -0.2) is 0 Å².